The number of benzene rings is 1. The molecular weight excluding hydrogens is 274 g/mol. The zero-order valence-electron chi connectivity index (χ0n) is 11.9. The second-order valence-corrected chi connectivity index (χ2v) is 5.07. The van der Waals surface area contributed by atoms with E-state index < -0.39 is 30.4 Å². The van der Waals surface area contributed by atoms with Crippen molar-refractivity contribution in [2.24, 2.45) is 0 Å². The lowest BCUT2D eigenvalue weighted by Gasteiger charge is -2.37. The van der Waals surface area contributed by atoms with Crippen LogP contribution in [0.2, 0.25) is 0 Å². The Morgan fingerprint density at radius 3 is 2.71 bits per heavy atom. The summed E-state index contributed by atoms with van der Waals surface area (Å²) in [6.45, 7) is 2.16. The number of carbonyl (C=O) groups excluding carboxylic acids is 1. The van der Waals surface area contributed by atoms with Crippen molar-refractivity contribution in [3.63, 3.8) is 0 Å². The lowest BCUT2D eigenvalue weighted by Crippen LogP contribution is -2.59. The van der Waals surface area contributed by atoms with Gasteiger partial charge in [-0.05, 0) is 12.0 Å². The van der Waals surface area contributed by atoms with Gasteiger partial charge in [0.05, 0.1) is 18.8 Å². The maximum Gasteiger partial charge on any atom is 0.407 e. The number of ether oxygens (including phenoxy) is 2. The van der Waals surface area contributed by atoms with Crippen molar-refractivity contribution in [3.8, 4) is 0 Å². The fourth-order valence-electron chi connectivity index (χ4n) is 2.28. The van der Waals surface area contributed by atoms with Crippen molar-refractivity contribution >= 4 is 6.09 Å². The summed E-state index contributed by atoms with van der Waals surface area (Å²) in [5.74, 6) is 0. The second-order valence-electron chi connectivity index (χ2n) is 5.07. The van der Waals surface area contributed by atoms with Crippen molar-refractivity contribution in [2.75, 3.05) is 6.61 Å². The minimum atomic E-state index is -1.06. The molecule has 1 aromatic rings. The van der Waals surface area contributed by atoms with E-state index in [2.05, 4.69) is 5.32 Å². The van der Waals surface area contributed by atoms with Crippen LogP contribution in [0.4, 0.5) is 4.79 Å². The first-order valence-corrected chi connectivity index (χ1v) is 7.06. The molecule has 4 unspecified atom stereocenters. The van der Waals surface area contributed by atoms with Gasteiger partial charge in [-0.3, -0.25) is 0 Å². The second kappa shape index (κ2) is 7.40. The minimum absolute atomic E-state index is 0.149. The molecule has 0 aromatic heterocycles. The fourth-order valence-corrected chi connectivity index (χ4v) is 2.28. The number of amides is 1. The van der Waals surface area contributed by atoms with Gasteiger partial charge in [0.15, 0.2) is 0 Å². The van der Waals surface area contributed by atoms with Crippen LogP contribution in [0.1, 0.15) is 18.9 Å². The van der Waals surface area contributed by atoms with Gasteiger partial charge >= 0.3 is 6.09 Å². The Bertz CT molecular complexity index is 453. The average molecular weight is 295 g/mol. The molecule has 0 bridgehead atoms. The van der Waals surface area contributed by atoms with Gasteiger partial charge in [-0.2, -0.15) is 0 Å². The molecule has 21 heavy (non-hydrogen) atoms. The van der Waals surface area contributed by atoms with Crippen LogP contribution in [-0.4, -0.2) is 47.3 Å². The molecule has 3 N–H and O–H groups in total. The summed E-state index contributed by atoms with van der Waals surface area (Å²) in [5.41, 5.74) is 0.874. The molecule has 6 nitrogen and oxygen atoms in total. The van der Waals surface area contributed by atoms with Gasteiger partial charge in [0.2, 0.25) is 0 Å². The third kappa shape index (κ3) is 4.17. The summed E-state index contributed by atoms with van der Waals surface area (Å²) < 4.78 is 10.5. The van der Waals surface area contributed by atoms with Gasteiger partial charge in [-0.15, -0.1) is 0 Å². The van der Waals surface area contributed by atoms with Gasteiger partial charge in [0.1, 0.15) is 18.8 Å². The molecule has 1 fully saturated rings. The number of nitrogens with one attached hydrogen (secondary N) is 1. The Morgan fingerprint density at radius 1 is 1.33 bits per heavy atom. The zero-order chi connectivity index (χ0) is 15.2. The first kappa shape index (κ1) is 15.8. The predicted octanol–water partition coefficient (Wildman–Crippen LogP) is 0.812. The largest absolute Gasteiger partial charge is 0.445 e. The summed E-state index contributed by atoms with van der Waals surface area (Å²) in [7, 11) is 0. The molecular formula is C15H21NO5. The van der Waals surface area contributed by atoms with E-state index in [0.29, 0.717) is 6.42 Å². The third-order valence-electron chi connectivity index (χ3n) is 3.55. The van der Waals surface area contributed by atoms with Crippen LogP contribution >= 0.6 is 0 Å². The normalized spacial score (nSPS) is 28.9. The molecule has 0 saturated carbocycles. The minimum Gasteiger partial charge on any atom is -0.445 e. The fraction of sp³-hybridized carbons (Fsp3) is 0.533. The molecule has 2 rings (SSSR count). The lowest BCUT2D eigenvalue weighted by atomic mass is 9.97. The van der Waals surface area contributed by atoms with E-state index in [1.807, 2.05) is 37.3 Å². The highest BCUT2D eigenvalue weighted by molar-refractivity contribution is 5.67. The van der Waals surface area contributed by atoms with Gasteiger partial charge < -0.3 is 25.0 Å². The topological polar surface area (TPSA) is 88.0 Å². The molecule has 1 saturated heterocycles. The lowest BCUT2D eigenvalue weighted by molar-refractivity contribution is -0.149. The standard InChI is InChI=1S/C15H21NO5/c1-2-12-14(18)13(17)11(9-20-12)16-15(19)21-8-10-6-4-3-5-7-10/h3-7,11-14,17-18H,2,8-9H2,1H3,(H,16,19). The van der Waals surface area contributed by atoms with Crippen molar-refractivity contribution in [1.82, 2.24) is 5.32 Å². The van der Waals surface area contributed by atoms with Crippen LogP contribution in [0.3, 0.4) is 0 Å². The first-order chi connectivity index (χ1) is 10.1. The number of rotatable bonds is 4. The number of aliphatic hydroxyl groups is 2. The Labute approximate surface area is 123 Å². The van der Waals surface area contributed by atoms with Crippen LogP contribution in [-0.2, 0) is 16.1 Å². The number of carbonyl (C=O) groups is 1. The maximum absolute atomic E-state index is 11.7. The Hall–Kier alpha value is -1.63. The van der Waals surface area contributed by atoms with Crippen molar-refractivity contribution in [2.45, 2.75) is 44.3 Å². The zero-order valence-corrected chi connectivity index (χ0v) is 11.9. The molecule has 4 atom stereocenters. The highest BCUT2D eigenvalue weighted by Gasteiger charge is 2.38. The maximum atomic E-state index is 11.7. The van der Waals surface area contributed by atoms with E-state index in [0.717, 1.165) is 5.56 Å². The van der Waals surface area contributed by atoms with Crippen LogP contribution in [0, 0.1) is 0 Å². The van der Waals surface area contributed by atoms with E-state index >= 15 is 0 Å². The highest BCUT2D eigenvalue weighted by atomic mass is 16.6. The average Bonchev–Trinajstić information content (AvgIpc) is 2.51. The molecule has 0 aliphatic carbocycles. The third-order valence-corrected chi connectivity index (χ3v) is 3.55. The number of hydrogen-bond donors (Lipinski definition) is 3. The van der Waals surface area contributed by atoms with Crippen molar-refractivity contribution in [1.29, 1.82) is 0 Å². The van der Waals surface area contributed by atoms with E-state index in [9.17, 15) is 15.0 Å². The van der Waals surface area contributed by atoms with Crippen molar-refractivity contribution in [3.05, 3.63) is 35.9 Å². The number of hydrogen-bond acceptors (Lipinski definition) is 5. The molecule has 1 aromatic carbocycles. The molecule has 1 amide bonds. The van der Waals surface area contributed by atoms with E-state index in [-0.39, 0.29) is 13.2 Å². The van der Waals surface area contributed by atoms with E-state index in [4.69, 9.17) is 9.47 Å². The smallest absolute Gasteiger partial charge is 0.407 e. The molecule has 1 aliphatic heterocycles. The van der Waals surface area contributed by atoms with E-state index in [1.165, 1.54) is 0 Å². The molecule has 1 heterocycles. The quantitative estimate of drug-likeness (QED) is 0.765. The highest BCUT2D eigenvalue weighted by Crippen LogP contribution is 2.18. The van der Waals surface area contributed by atoms with Crippen LogP contribution in [0.5, 0.6) is 0 Å². The van der Waals surface area contributed by atoms with Crippen LogP contribution in [0.15, 0.2) is 30.3 Å². The summed E-state index contributed by atoms with van der Waals surface area (Å²) >= 11 is 0. The number of alkyl carbamates (subject to hydrolysis) is 1. The monoisotopic (exact) mass is 295 g/mol. The van der Waals surface area contributed by atoms with Gasteiger partial charge in [0.25, 0.3) is 0 Å². The van der Waals surface area contributed by atoms with E-state index in [1.54, 1.807) is 0 Å². The summed E-state index contributed by atoms with van der Waals surface area (Å²) in [5, 5.41) is 22.4. The van der Waals surface area contributed by atoms with Crippen molar-refractivity contribution < 1.29 is 24.5 Å². The van der Waals surface area contributed by atoms with Crippen LogP contribution in [0.25, 0.3) is 0 Å². The predicted molar refractivity (Wildman–Crippen MR) is 75.6 cm³/mol. The summed E-state index contributed by atoms with van der Waals surface area (Å²) in [4.78, 5) is 11.7. The van der Waals surface area contributed by atoms with Gasteiger partial charge in [-0.25, -0.2) is 4.79 Å². The summed E-state index contributed by atoms with van der Waals surface area (Å²) in [6, 6.07) is 8.62. The summed E-state index contributed by atoms with van der Waals surface area (Å²) in [6.07, 6.45) is -2.52. The molecule has 0 radical (unpaired) electrons. The van der Waals surface area contributed by atoms with Gasteiger partial charge in [0, 0.05) is 0 Å². The Kier molecular flexibility index (Phi) is 5.55. The first-order valence-electron chi connectivity index (χ1n) is 7.06. The van der Waals surface area contributed by atoms with Crippen LogP contribution < -0.4 is 5.32 Å². The van der Waals surface area contributed by atoms with Gasteiger partial charge in [-0.1, -0.05) is 37.3 Å². The Morgan fingerprint density at radius 2 is 2.05 bits per heavy atom. The molecule has 0 spiro atoms. The number of aliphatic hydroxyl groups excluding tert-OH is 2. The SMILES string of the molecule is CCC1OCC(NC(=O)OCc2ccccc2)C(O)C1O. The Balaban J connectivity index is 1.80. The molecule has 1 aliphatic rings. The molecule has 116 valence electrons. The molecule has 6 heteroatoms.